The zero-order valence-electron chi connectivity index (χ0n) is 17.6. The van der Waals surface area contributed by atoms with Crippen molar-refractivity contribution in [2.45, 2.75) is 36.3 Å². The number of morpholine rings is 1. The Balaban J connectivity index is 1.57. The molecule has 2 aromatic carbocycles. The molecule has 0 saturated carbocycles. The number of sulfonamides is 1. The van der Waals surface area contributed by atoms with Crippen LogP contribution >= 0.6 is 23.4 Å². The van der Waals surface area contributed by atoms with Gasteiger partial charge < -0.3 is 9.30 Å². The number of hydrogen-bond donors (Lipinski definition) is 0. The molecule has 1 aliphatic rings. The second kappa shape index (κ2) is 9.50. The van der Waals surface area contributed by atoms with Gasteiger partial charge in [-0.05, 0) is 49.7 Å². The molecule has 0 spiro atoms. The fourth-order valence-electron chi connectivity index (χ4n) is 3.75. The molecule has 0 aliphatic carbocycles. The van der Waals surface area contributed by atoms with Crippen molar-refractivity contribution in [3.63, 3.8) is 0 Å². The van der Waals surface area contributed by atoms with E-state index >= 15 is 0 Å². The number of aromatic nitrogens is 2. The molecule has 6 nitrogen and oxygen atoms in total. The van der Waals surface area contributed by atoms with Gasteiger partial charge in [-0.1, -0.05) is 23.7 Å². The van der Waals surface area contributed by atoms with Crippen LogP contribution in [0.2, 0.25) is 5.02 Å². The van der Waals surface area contributed by atoms with Gasteiger partial charge in [0.05, 0.1) is 34.9 Å². The third-order valence-corrected chi connectivity index (χ3v) is 8.87. The molecule has 1 unspecified atom stereocenters. The molecular weight excluding hydrogens is 454 g/mol. The number of rotatable bonds is 7. The summed E-state index contributed by atoms with van der Waals surface area (Å²) in [5, 5.41) is 1.02. The van der Waals surface area contributed by atoms with Gasteiger partial charge in [-0.2, -0.15) is 4.31 Å². The van der Waals surface area contributed by atoms with Crippen molar-refractivity contribution >= 4 is 44.4 Å². The molecule has 0 N–H and O–H groups in total. The van der Waals surface area contributed by atoms with Crippen molar-refractivity contribution in [1.82, 2.24) is 13.9 Å². The van der Waals surface area contributed by atoms with Crippen molar-refractivity contribution in [3.8, 4) is 0 Å². The summed E-state index contributed by atoms with van der Waals surface area (Å²) >= 11 is 7.80. The van der Waals surface area contributed by atoms with Crippen molar-refractivity contribution in [2.75, 3.05) is 26.3 Å². The summed E-state index contributed by atoms with van der Waals surface area (Å²) in [6.07, 6.45) is 0. The first kappa shape index (κ1) is 22.6. The molecule has 1 saturated heterocycles. The van der Waals surface area contributed by atoms with E-state index in [4.69, 9.17) is 21.3 Å². The smallest absolute Gasteiger partial charge is 0.243 e. The second-order valence-electron chi connectivity index (χ2n) is 7.44. The summed E-state index contributed by atoms with van der Waals surface area (Å²) in [5.41, 5.74) is 2.89. The topological polar surface area (TPSA) is 64.4 Å². The Hall–Kier alpha value is -1.58. The molecule has 3 aromatic rings. The zero-order valence-corrected chi connectivity index (χ0v) is 20.0. The summed E-state index contributed by atoms with van der Waals surface area (Å²) in [6, 6.07) is 13.2. The van der Waals surface area contributed by atoms with Gasteiger partial charge >= 0.3 is 0 Å². The van der Waals surface area contributed by atoms with Crippen LogP contribution in [-0.2, 0) is 27.1 Å². The van der Waals surface area contributed by atoms with Crippen LogP contribution in [-0.4, -0.2) is 48.6 Å². The van der Waals surface area contributed by atoms with Crippen LogP contribution in [0, 0.1) is 0 Å². The fourth-order valence-corrected chi connectivity index (χ4v) is 6.27. The number of aryl methyl sites for hydroxylation is 1. The van der Waals surface area contributed by atoms with Crippen molar-refractivity contribution < 1.29 is 13.2 Å². The van der Waals surface area contributed by atoms with E-state index in [2.05, 4.69) is 18.4 Å². The van der Waals surface area contributed by atoms with Crippen LogP contribution in [0.25, 0.3) is 11.0 Å². The lowest BCUT2D eigenvalue weighted by Gasteiger charge is -2.26. The lowest BCUT2D eigenvalue weighted by molar-refractivity contribution is 0.0730. The lowest BCUT2D eigenvalue weighted by atomic mass is 10.2. The van der Waals surface area contributed by atoms with Crippen molar-refractivity contribution in [2.24, 2.45) is 0 Å². The van der Waals surface area contributed by atoms with E-state index < -0.39 is 10.0 Å². The maximum atomic E-state index is 13.0. The Labute approximate surface area is 192 Å². The standard InChI is InChI=1S/C22H26ClN3O3S2/c1-3-26-21-9-8-19(31(27,28)25-10-12-29-13-11-25)14-20(21)24-22(26)15-30-16(2)17-4-6-18(23)7-5-17/h4-9,14,16H,3,10-13,15H2,1-2H3. The molecule has 1 atom stereocenters. The minimum Gasteiger partial charge on any atom is -0.379 e. The zero-order chi connectivity index (χ0) is 22.0. The van der Waals surface area contributed by atoms with E-state index in [9.17, 15) is 8.42 Å². The predicted molar refractivity (Wildman–Crippen MR) is 126 cm³/mol. The molecule has 0 radical (unpaired) electrons. The van der Waals surface area contributed by atoms with Crippen LogP contribution in [0.5, 0.6) is 0 Å². The van der Waals surface area contributed by atoms with E-state index in [1.807, 2.05) is 30.3 Å². The van der Waals surface area contributed by atoms with Gasteiger partial charge in [-0.3, -0.25) is 0 Å². The van der Waals surface area contributed by atoms with Crippen LogP contribution in [0.15, 0.2) is 47.4 Å². The van der Waals surface area contributed by atoms with Crippen LogP contribution in [0.4, 0.5) is 0 Å². The first-order valence-electron chi connectivity index (χ1n) is 10.3. The van der Waals surface area contributed by atoms with Gasteiger partial charge in [0.2, 0.25) is 10.0 Å². The van der Waals surface area contributed by atoms with Crippen LogP contribution in [0.3, 0.4) is 0 Å². The summed E-state index contributed by atoms with van der Waals surface area (Å²) in [6.45, 7) is 6.65. The lowest BCUT2D eigenvalue weighted by Crippen LogP contribution is -2.40. The maximum absolute atomic E-state index is 13.0. The van der Waals surface area contributed by atoms with Gasteiger partial charge in [-0.25, -0.2) is 13.4 Å². The molecule has 1 aliphatic heterocycles. The Morgan fingerprint density at radius 2 is 1.87 bits per heavy atom. The summed E-state index contributed by atoms with van der Waals surface area (Å²) in [5.74, 6) is 1.68. The second-order valence-corrected chi connectivity index (χ2v) is 11.1. The third kappa shape index (κ3) is 4.78. The molecule has 1 aromatic heterocycles. The summed E-state index contributed by atoms with van der Waals surface area (Å²) in [4.78, 5) is 5.08. The van der Waals surface area contributed by atoms with Gasteiger partial charge in [0.25, 0.3) is 0 Å². The monoisotopic (exact) mass is 479 g/mol. The molecule has 4 rings (SSSR count). The highest BCUT2D eigenvalue weighted by atomic mass is 35.5. The summed E-state index contributed by atoms with van der Waals surface area (Å²) < 4.78 is 34.9. The number of thioether (sulfide) groups is 1. The summed E-state index contributed by atoms with van der Waals surface area (Å²) in [7, 11) is -3.54. The molecule has 31 heavy (non-hydrogen) atoms. The quantitative estimate of drug-likeness (QED) is 0.490. The van der Waals surface area contributed by atoms with Gasteiger partial charge in [0, 0.05) is 29.9 Å². The number of halogens is 1. The Bertz CT molecular complexity index is 1160. The van der Waals surface area contributed by atoms with Gasteiger partial charge in [0.15, 0.2) is 0 Å². The number of fused-ring (bicyclic) bond motifs is 1. The fraction of sp³-hybridized carbons (Fsp3) is 0.409. The van der Waals surface area contributed by atoms with E-state index in [0.29, 0.717) is 37.1 Å². The Kier molecular flexibility index (Phi) is 6.93. The Morgan fingerprint density at radius 3 is 2.55 bits per heavy atom. The van der Waals surface area contributed by atoms with Gasteiger partial charge in [-0.15, -0.1) is 11.8 Å². The molecule has 1 fully saturated rings. The number of hydrogen-bond acceptors (Lipinski definition) is 5. The van der Waals surface area contributed by atoms with Crippen molar-refractivity contribution in [3.05, 3.63) is 58.9 Å². The molecule has 9 heteroatoms. The largest absolute Gasteiger partial charge is 0.379 e. The SMILES string of the molecule is CCn1c(CSC(C)c2ccc(Cl)cc2)nc2cc(S(=O)(=O)N3CCOCC3)ccc21. The third-order valence-electron chi connectivity index (χ3n) is 5.52. The normalized spacial score (nSPS) is 16.6. The predicted octanol–water partition coefficient (Wildman–Crippen LogP) is 4.72. The van der Waals surface area contributed by atoms with Crippen molar-refractivity contribution in [1.29, 1.82) is 0 Å². The van der Waals surface area contributed by atoms with Crippen LogP contribution in [0.1, 0.15) is 30.5 Å². The van der Waals surface area contributed by atoms with E-state index in [-0.39, 0.29) is 4.90 Å². The minimum atomic E-state index is -3.54. The number of nitrogens with zero attached hydrogens (tertiary/aromatic N) is 3. The first-order chi connectivity index (χ1) is 14.9. The average Bonchev–Trinajstić information content (AvgIpc) is 3.15. The number of benzene rings is 2. The molecule has 166 valence electrons. The molecule has 0 bridgehead atoms. The number of ether oxygens (including phenoxy) is 1. The minimum absolute atomic E-state index is 0.288. The highest BCUT2D eigenvalue weighted by Gasteiger charge is 2.27. The molecular formula is C22H26ClN3O3S2. The highest BCUT2D eigenvalue weighted by Crippen LogP contribution is 2.33. The number of imidazole rings is 1. The highest BCUT2D eigenvalue weighted by molar-refractivity contribution is 7.98. The van der Waals surface area contributed by atoms with E-state index in [0.717, 1.165) is 28.7 Å². The molecule has 2 heterocycles. The maximum Gasteiger partial charge on any atom is 0.243 e. The average molecular weight is 480 g/mol. The van der Waals surface area contributed by atoms with E-state index in [1.165, 1.54) is 9.87 Å². The molecule has 0 amide bonds. The Morgan fingerprint density at radius 1 is 1.16 bits per heavy atom. The van der Waals surface area contributed by atoms with Crippen LogP contribution < -0.4 is 0 Å². The van der Waals surface area contributed by atoms with E-state index in [1.54, 1.807) is 23.9 Å². The van der Waals surface area contributed by atoms with Gasteiger partial charge in [0.1, 0.15) is 5.82 Å². The first-order valence-corrected chi connectivity index (χ1v) is 13.2.